The molecule has 236 valence electrons. The Balaban J connectivity index is 0.00000226. The molecule has 2 aromatic carbocycles. The zero-order valence-electron chi connectivity index (χ0n) is 27.2. The Bertz CT molecular complexity index is 2090. The highest BCUT2D eigenvalue weighted by molar-refractivity contribution is 5.94. The number of aromatic nitrogens is 6. The number of fused-ring (bicyclic) bond motifs is 3. The minimum Gasteiger partial charge on any atom is -0.321 e. The number of hydrogen-bond acceptors (Lipinski definition) is 8. The van der Waals surface area contributed by atoms with E-state index in [0.717, 1.165) is 39.7 Å². The van der Waals surface area contributed by atoms with Crippen LogP contribution in [0.1, 0.15) is 67.4 Å². The number of ketones is 1. The summed E-state index contributed by atoms with van der Waals surface area (Å²) in [6, 6.07) is 7.90. The Hall–Kier alpha value is -4.84. The lowest BCUT2D eigenvalue weighted by atomic mass is 10.0. The van der Waals surface area contributed by atoms with Gasteiger partial charge in [0.05, 0.1) is 22.1 Å². The second-order valence-electron chi connectivity index (χ2n) is 10.7. The quantitative estimate of drug-likeness (QED) is 0.153. The van der Waals surface area contributed by atoms with Crippen LogP contribution >= 0.6 is 0 Å². The lowest BCUT2D eigenvalue weighted by molar-refractivity contribution is -0.116. The molecule has 0 radical (unpaired) electrons. The van der Waals surface area contributed by atoms with E-state index in [2.05, 4.69) is 37.2 Å². The van der Waals surface area contributed by atoms with Gasteiger partial charge in [0.2, 0.25) is 5.91 Å². The van der Waals surface area contributed by atoms with E-state index in [1.807, 2.05) is 68.0 Å². The number of benzene rings is 2. The number of carbonyl (C=O) groups excluding carboxylic acids is 2. The number of hydrogen-bond donors (Lipinski definition) is 2. The first-order valence-corrected chi connectivity index (χ1v) is 15.2. The van der Waals surface area contributed by atoms with Crippen molar-refractivity contribution in [3.05, 3.63) is 78.5 Å². The number of amides is 1. The van der Waals surface area contributed by atoms with E-state index >= 15 is 0 Å². The summed E-state index contributed by atoms with van der Waals surface area (Å²) in [5.41, 5.74) is 6.31. The molecule has 1 amide bonds. The van der Waals surface area contributed by atoms with E-state index in [-0.39, 0.29) is 28.5 Å². The molecule has 3 aromatic rings. The molecule has 45 heavy (non-hydrogen) atoms. The number of carbonyl (C=O) groups is 2. The number of rotatable bonds is 8. The predicted octanol–water partition coefficient (Wildman–Crippen LogP) is 3.39. The smallest absolute Gasteiger partial charge is 0.321 e. The maximum atomic E-state index is 12.6. The molecular weight excluding hydrogens is 572 g/mol. The summed E-state index contributed by atoms with van der Waals surface area (Å²) in [6.45, 7) is 16.6. The van der Waals surface area contributed by atoms with Gasteiger partial charge in [0, 0.05) is 40.0 Å². The van der Waals surface area contributed by atoms with E-state index in [0.29, 0.717) is 37.2 Å². The van der Waals surface area contributed by atoms with Gasteiger partial charge >= 0.3 is 5.69 Å². The molecule has 2 N–H and O–H groups in total. The number of nitrogens with zero attached hydrogens (tertiary/aromatic N) is 6. The van der Waals surface area contributed by atoms with Gasteiger partial charge in [0.1, 0.15) is 5.69 Å². The van der Waals surface area contributed by atoms with E-state index < -0.39 is 17.2 Å². The highest BCUT2D eigenvalue weighted by Gasteiger charge is 2.19. The molecule has 0 bridgehead atoms. The van der Waals surface area contributed by atoms with Gasteiger partial charge in [-0.05, 0) is 73.7 Å². The van der Waals surface area contributed by atoms with E-state index in [1.165, 1.54) is 13.8 Å². The van der Waals surface area contributed by atoms with Gasteiger partial charge in [0.25, 0.3) is 5.56 Å². The van der Waals surface area contributed by atoms with Crippen LogP contribution in [0.25, 0.3) is 33.6 Å². The molecule has 0 fully saturated rings. The summed E-state index contributed by atoms with van der Waals surface area (Å²) < 4.78 is 3.70. The third-order valence-corrected chi connectivity index (χ3v) is 7.65. The molecule has 0 saturated heterocycles. The highest BCUT2D eigenvalue weighted by atomic mass is 16.2. The molecular formula is C33H40N8O4. The number of aryl methyl sites for hydroxylation is 4. The Morgan fingerprint density at radius 2 is 1.44 bits per heavy atom. The fourth-order valence-corrected chi connectivity index (χ4v) is 5.33. The van der Waals surface area contributed by atoms with E-state index in [9.17, 15) is 19.2 Å². The summed E-state index contributed by atoms with van der Waals surface area (Å²) in [7, 11) is 0. The largest absolute Gasteiger partial charge is 0.349 e. The van der Waals surface area contributed by atoms with Crippen LogP contribution in [0.5, 0.6) is 0 Å². The third kappa shape index (κ3) is 6.80. The maximum absolute atomic E-state index is 12.6. The molecule has 2 aliphatic heterocycles. The van der Waals surface area contributed by atoms with Crippen molar-refractivity contribution in [3.63, 3.8) is 0 Å². The monoisotopic (exact) mass is 612 g/mol. The molecule has 0 spiro atoms. The highest BCUT2D eigenvalue weighted by Crippen LogP contribution is 2.23. The van der Waals surface area contributed by atoms with Crippen molar-refractivity contribution >= 4 is 33.8 Å². The van der Waals surface area contributed by atoms with Crippen LogP contribution in [0, 0.1) is 20.8 Å². The normalized spacial score (nSPS) is 11.7. The van der Waals surface area contributed by atoms with Gasteiger partial charge in [-0.1, -0.05) is 20.8 Å². The fraction of sp³-hybridized carbons (Fsp3) is 0.394. The minimum atomic E-state index is -0.727. The van der Waals surface area contributed by atoms with Crippen molar-refractivity contribution in [2.45, 2.75) is 74.9 Å². The fourth-order valence-electron chi connectivity index (χ4n) is 5.33. The first-order chi connectivity index (χ1) is 21.5. The van der Waals surface area contributed by atoms with Gasteiger partial charge < -0.3 is 14.5 Å². The predicted molar refractivity (Wildman–Crippen MR) is 175 cm³/mol. The molecule has 1 aromatic heterocycles. The maximum Gasteiger partial charge on any atom is 0.349 e. The molecule has 0 unspecified atom stereocenters. The first kappa shape index (κ1) is 33.1. The number of aromatic amines is 1. The molecule has 0 aliphatic carbocycles. The van der Waals surface area contributed by atoms with Crippen LogP contribution < -0.4 is 22.1 Å². The molecule has 3 heterocycles. The zero-order valence-corrected chi connectivity index (χ0v) is 27.2. The van der Waals surface area contributed by atoms with Gasteiger partial charge in [0.15, 0.2) is 22.8 Å². The molecule has 12 nitrogen and oxygen atoms in total. The van der Waals surface area contributed by atoms with Crippen LogP contribution in [-0.2, 0) is 24.3 Å². The number of nitrogens with one attached hydrogen (secondary N) is 2. The van der Waals surface area contributed by atoms with Crippen molar-refractivity contribution in [1.29, 1.82) is 0 Å². The van der Waals surface area contributed by atoms with Crippen LogP contribution in [0.2, 0.25) is 0 Å². The van der Waals surface area contributed by atoms with Crippen LogP contribution in [-0.4, -0.2) is 53.9 Å². The third-order valence-electron chi connectivity index (χ3n) is 7.65. The summed E-state index contributed by atoms with van der Waals surface area (Å²) in [6.07, 6.45) is 0.823. The van der Waals surface area contributed by atoms with Gasteiger partial charge in [-0.25, -0.2) is 14.8 Å². The van der Waals surface area contributed by atoms with Crippen LogP contribution in [0.4, 0.5) is 0 Å². The number of H-pyrrole nitrogens is 1. The van der Waals surface area contributed by atoms with Gasteiger partial charge in [-0.2, -0.15) is 9.98 Å². The van der Waals surface area contributed by atoms with Crippen LogP contribution in [0.15, 0.2) is 38.8 Å². The van der Waals surface area contributed by atoms with E-state index in [4.69, 9.17) is 0 Å². The zero-order chi connectivity index (χ0) is 33.0. The number of Topliss-reactive ketones (excluding diaryl/α,β-unsaturated/α-hetero) is 1. The summed E-state index contributed by atoms with van der Waals surface area (Å²) >= 11 is 0. The van der Waals surface area contributed by atoms with Crippen molar-refractivity contribution < 1.29 is 9.59 Å². The molecule has 5 rings (SSSR count). The Labute approximate surface area is 260 Å². The molecule has 12 heteroatoms. The van der Waals surface area contributed by atoms with E-state index in [1.54, 1.807) is 0 Å². The van der Waals surface area contributed by atoms with Gasteiger partial charge in [-0.3, -0.25) is 19.4 Å². The summed E-state index contributed by atoms with van der Waals surface area (Å²) in [5, 5.41) is 3.41. The van der Waals surface area contributed by atoms with Crippen molar-refractivity contribution in [3.8, 4) is 11.5 Å². The summed E-state index contributed by atoms with van der Waals surface area (Å²) in [5.74, 6) is -0.483. The lowest BCUT2D eigenvalue weighted by Crippen LogP contribution is -2.34. The van der Waals surface area contributed by atoms with Crippen molar-refractivity contribution in [2.75, 3.05) is 13.1 Å². The first-order valence-electron chi connectivity index (χ1n) is 15.2. The molecule has 2 aliphatic rings. The van der Waals surface area contributed by atoms with Crippen molar-refractivity contribution in [1.82, 2.24) is 34.4 Å². The lowest BCUT2D eigenvalue weighted by Gasteiger charge is -2.19. The minimum absolute atomic E-state index is 0.100. The molecule has 0 atom stereocenters. The Morgan fingerprint density at radius 1 is 0.844 bits per heavy atom. The second kappa shape index (κ2) is 13.9. The second-order valence-corrected chi connectivity index (χ2v) is 10.7. The molecule has 0 saturated carbocycles. The summed E-state index contributed by atoms with van der Waals surface area (Å²) in [4.78, 5) is 68.9. The topological polar surface area (TPSA) is 157 Å². The Kier molecular flexibility index (Phi) is 10.2. The average molecular weight is 613 g/mol. The van der Waals surface area contributed by atoms with Crippen molar-refractivity contribution in [2.24, 2.45) is 4.99 Å². The standard InChI is InChI=1S/C31H34N8O4.C2H6/c1-7-21-15-23-25(14-18(21)4)38(28(33-20(6)41)26(34-23)19(5)40)10-8-32-9-11-39-24-13-17(3)16(2)12-22(24)35-27-29(39)36-31(43)37-30(27)42;1-2/h12-15,32H,7-11H2,1-6H3,(H,37,42,43);1-2H3. The van der Waals surface area contributed by atoms with Gasteiger partial charge in [-0.15, -0.1) is 0 Å². The SMILES string of the molecule is CC.CCc1cc2nc(C(C)=O)c(=NC(C)=O)n(CCNCCn3c4nc(=O)[nH]c(=O)c-4nc4cc(C)c(C)cc43)c2cc1C. The Morgan fingerprint density at radius 3 is 2.09 bits per heavy atom. The van der Waals surface area contributed by atoms with Crippen LogP contribution in [0.3, 0.4) is 0 Å². The average Bonchev–Trinajstić information content (AvgIpc) is 2.99.